The summed E-state index contributed by atoms with van der Waals surface area (Å²) in [6.07, 6.45) is 1.52. The van der Waals surface area contributed by atoms with E-state index in [2.05, 4.69) is 9.71 Å². The van der Waals surface area contributed by atoms with Gasteiger partial charge in [-0.05, 0) is 50.8 Å². The zero-order valence-corrected chi connectivity index (χ0v) is 14.6. The molecule has 2 atom stereocenters. The predicted octanol–water partition coefficient (Wildman–Crippen LogP) is 3.63. The maximum absolute atomic E-state index is 13.7. The summed E-state index contributed by atoms with van der Waals surface area (Å²) in [5.74, 6) is -1.70. The lowest BCUT2D eigenvalue weighted by Crippen LogP contribution is -2.34. The summed E-state index contributed by atoms with van der Waals surface area (Å²) >= 11 is 0. The lowest BCUT2D eigenvalue weighted by atomic mass is 10.0. The number of methoxy groups -OCH3 is 1. The van der Waals surface area contributed by atoms with Crippen LogP contribution in [-0.4, -0.2) is 21.0 Å². The molecule has 2 rings (SSSR count). The molecule has 0 spiro atoms. The molecule has 0 amide bonds. The highest BCUT2D eigenvalue weighted by molar-refractivity contribution is 7.84. The monoisotopic (exact) mass is 342 g/mol. The van der Waals surface area contributed by atoms with Crippen LogP contribution in [0.25, 0.3) is 10.8 Å². The summed E-state index contributed by atoms with van der Waals surface area (Å²) in [5, 5.41) is 0.848. The minimum Gasteiger partial charge on any atom is -0.481 e. The molecule has 0 aliphatic rings. The van der Waals surface area contributed by atoms with Crippen molar-refractivity contribution in [3.63, 3.8) is 0 Å². The first-order valence-corrected chi connectivity index (χ1v) is 8.29. The topological polar surface area (TPSA) is 51.2 Å². The summed E-state index contributed by atoms with van der Waals surface area (Å²) in [7, 11) is 0.111. The number of hydrogen-bond donors (Lipinski definition) is 1. The second kappa shape index (κ2) is 6.49. The Balaban J connectivity index is 2.53. The summed E-state index contributed by atoms with van der Waals surface area (Å²) in [4.78, 5) is 4.14. The van der Waals surface area contributed by atoms with E-state index in [4.69, 9.17) is 4.74 Å². The van der Waals surface area contributed by atoms with Gasteiger partial charge in [0.15, 0.2) is 11.6 Å². The number of nitrogens with one attached hydrogen (secondary N) is 1. The van der Waals surface area contributed by atoms with Crippen molar-refractivity contribution < 1.29 is 17.7 Å². The number of hydrogen-bond acceptors (Lipinski definition) is 3. The van der Waals surface area contributed by atoms with Crippen LogP contribution in [0.3, 0.4) is 0 Å². The van der Waals surface area contributed by atoms with Gasteiger partial charge in [-0.25, -0.2) is 22.7 Å². The molecule has 1 aromatic heterocycles. The highest BCUT2D eigenvalue weighted by atomic mass is 32.2. The first-order valence-electron chi connectivity index (χ1n) is 7.15. The second-order valence-corrected chi connectivity index (χ2v) is 8.25. The lowest BCUT2D eigenvalue weighted by molar-refractivity contribution is 0.402. The average molecular weight is 342 g/mol. The van der Waals surface area contributed by atoms with Crippen molar-refractivity contribution in [2.75, 3.05) is 7.11 Å². The Kier molecular flexibility index (Phi) is 5.01. The van der Waals surface area contributed by atoms with Crippen LogP contribution in [0.2, 0.25) is 0 Å². The molecule has 0 saturated heterocycles. The average Bonchev–Trinajstić information content (AvgIpc) is 2.46. The van der Waals surface area contributed by atoms with Gasteiger partial charge in [0.1, 0.15) is 0 Å². The van der Waals surface area contributed by atoms with Crippen molar-refractivity contribution in [2.45, 2.75) is 38.5 Å². The fourth-order valence-corrected chi connectivity index (χ4v) is 2.94. The number of rotatable bonds is 4. The van der Waals surface area contributed by atoms with E-state index in [1.54, 1.807) is 6.92 Å². The van der Waals surface area contributed by atoms with Crippen molar-refractivity contribution in [2.24, 2.45) is 0 Å². The minimum absolute atomic E-state index is 0.215. The Bertz CT molecular complexity index is 760. The Hall–Kier alpha value is -1.60. The van der Waals surface area contributed by atoms with Gasteiger partial charge in [0.25, 0.3) is 0 Å². The Morgan fingerprint density at radius 1 is 1.22 bits per heavy atom. The van der Waals surface area contributed by atoms with E-state index in [0.717, 1.165) is 12.1 Å². The van der Waals surface area contributed by atoms with Crippen LogP contribution >= 0.6 is 0 Å². The van der Waals surface area contributed by atoms with E-state index in [1.807, 2.05) is 20.8 Å². The van der Waals surface area contributed by atoms with Crippen molar-refractivity contribution in [1.82, 2.24) is 9.71 Å². The van der Waals surface area contributed by atoms with E-state index >= 15 is 0 Å². The van der Waals surface area contributed by atoms with Crippen LogP contribution in [-0.2, 0) is 11.0 Å². The molecule has 0 aliphatic heterocycles. The van der Waals surface area contributed by atoms with E-state index in [-0.39, 0.29) is 11.9 Å². The fourth-order valence-electron chi connectivity index (χ4n) is 2.14. The zero-order valence-electron chi connectivity index (χ0n) is 13.7. The third-order valence-electron chi connectivity index (χ3n) is 3.42. The predicted molar refractivity (Wildman–Crippen MR) is 87.7 cm³/mol. The smallest absolute Gasteiger partial charge is 0.221 e. The summed E-state index contributed by atoms with van der Waals surface area (Å²) < 4.78 is 47.1. The van der Waals surface area contributed by atoms with Gasteiger partial charge in [-0.2, -0.15) is 0 Å². The molecule has 2 aromatic rings. The highest BCUT2D eigenvalue weighted by Crippen LogP contribution is 2.31. The molecule has 1 N–H and O–H groups in total. The number of pyridine rings is 1. The number of ether oxygens (including phenoxy) is 1. The van der Waals surface area contributed by atoms with Crippen LogP contribution in [0.1, 0.15) is 39.3 Å². The normalized spacial score (nSPS) is 14.7. The van der Waals surface area contributed by atoms with Crippen molar-refractivity contribution >= 4 is 21.8 Å². The standard InChI is InChI=1S/C16H20F2N2O2S/c1-9(20-23(21)16(2,3)4)12-8-19-15(22-5)11-7-14(18)13(17)6-10(11)12/h6-9,20H,1-5H3/t9-,23?/m1/s1. The van der Waals surface area contributed by atoms with Crippen LogP contribution in [0.5, 0.6) is 5.88 Å². The Morgan fingerprint density at radius 2 is 1.78 bits per heavy atom. The van der Waals surface area contributed by atoms with Gasteiger partial charge in [-0.3, -0.25) is 0 Å². The lowest BCUT2D eigenvalue weighted by Gasteiger charge is -2.23. The van der Waals surface area contributed by atoms with Gasteiger partial charge in [0.05, 0.1) is 22.8 Å². The molecule has 0 radical (unpaired) electrons. The van der Waals surface area contributed by atoms with Crippen molar-refractivity contribution in [1.29, 1.82) is 0 Å². The van der Waals surface area contributed by atoms with Crippen LogP contribution in [0.15, 0.2) is 18.3 Å². The van der Waals surface area contributed by atoms with Gasteiger partial charge in [0.2, 0.25) is 5.88 Å². The molecule has 1 aromatic carbocycles. The van der Waals surface area contributed by atoms with E-state index in [9.17, 15) is 13.0 Å². The van der Waals surface area contributed by atoms with Crippen LogP contribution < -0.4 is 9.46 Å². The molecule has 1 unspecified atom stereocenters. The molecule has 1 heterocycles. The summed E-state index contributed by atoms with van der Waals surface area (Å²) in [6.45, 7) is 7.35. The number of fused-ring (bicyclic) bond motifs is 1. The van der Waals surface area contributed by atoms with E-state index in [1.165, 1.54) is 13.3 Å². The van der Waals surface area contributed by atoms with Gasteiger partial charge in [-0.1, -0.05) is 0 Å². The van der Waals surface area contributed by atoms with Gasteiger partial charge in [0, 0.05) is 17.6 Å². The van der Waals surface area contributed by atoms with Gasteiger partial charge in [-0.15, -0.1) is 0 Å². The molecule has 0 fully saturated rings. The largest absolute Gasteiger partial charge is 0.481 e. The van der Waals surface area contributed by atoms with Crippen LogP contribution in [0, 0.1) is 11.6 Å². The SMILES string of the molecule is COc1ncc([C@@H](C)NS(=O)C(C)(C)C)c2cc(F)c(F)cc12. The third kappa shape index (κ3) is 3.67. The Morgan fingerprint density at radius 3 is 2.30 bits per heavy atom. The molecule has 4 nitrogen and oxygen atoms in total. The number of benzene rings is 1. The maximum atomic E-state index is 13.7. The van der Waals surface area contributed by atoms with Gasteiger partial charge >= 0.3 is 0 Å². The quantitative estimate of drug-likeness (QED) is 0.923. The number of aromatic nitrogens is 1. The van der Waals surface area contributed by atoms with Crippen molar-refractivity contribution in [3.05, 3.63) is 35.5 Å². The maximum Gasteiger partial charge on any atom is 0.221 e. The van der Waals surface area contributed by atoms with E-state index < -0.39 is 27.4 Å². The number of halogens is 2. The van der Waals surface area contributed by atoms with Gasteiger partial charge < -0.3 is 4.74 Å². The first kappa shape index (κ1) is 17.7. The highest BCUT2D eigenvalue weighted by Gasteiger charge is 2.23. The zero-order chi connectivity index (χ0) is 17.4. The molecule has 7 heteroatoms. The molecular formula is C16H20F2N2O2S. The molecule has 23 heavy (non-hydrogen) atoms. The van der Waals surface area contributed by atoms with Crippen molar-refractivity contribution in [3.8, 4) is 5.88 Å². The molecule has 0 bridgehead atoms. The third-order valence-corrected chi connectivity index (χ3v) is 5.10. The second-order valence-electron chi connectivity index (χ2n) is 6.26. The molecule has 0 aliphatic carbocycles. The fraction of sp³-hybridized carbons (Fsp3) is 0.438. The molecular weight excluding hydrogens is 322 g/mol. The first-order chi connectivity index (χ1) is 10.6. The van der Waals surface area contributed by atoms with E-state index in [0.29, 0.717) is 16.3 Å². The summed E-state index contributed by atoms with van der Waals surface area (Å²) in [6, 6.07) is 1.82. The molecule has 126 valence electrons. The molecule has 0 saturated carbocycles. The summed E-state index contributed by atoms with van der Waals surface area (Å²) in [5.41, 5.74) is 0.622. The number of nitrogens with zero attached hydrogens (tertiary/aromatic N) is 1. The Labute approximate surface area is 136 Å². The van der Waals surface area contributed by atoms with Crippen LogP contribution in [0.4, 0.5) is 8.78 Å². The minimum atomic E-state index is -1.30.